The van der Waals surface area contributed by atoms with Gasteiger partial charge < -0.3 is 5.32 Å². The molecular weight excluding hydrogens is 267 g/mol. The van der Waals surface area contributed by atoms with Crippen LogP contribution in [0.4, 0.5) is 13.2 Å². The molecule has 1 rings (SSSR count). The fourth-order valence-corrected chi connectivity index (χ4v) is 1.97. The van der Waals surface area contributed by atoms with Gasteiger partial charge in [0.15, 0.2) is 0 Å². The minimum atomic E-state index is -4.43. The first-order valence-electron chi connectivity index (χ1n) is 5.02. The summed E-state index contributed by atoms with van der Waals surface area (Å²) in [6, 6.07) is 6.06. The molecule has 0 bridgehead atoms. The molecule has 18 heavy (non-hydrogen) atoms. The van der Waals surface area contributed by atoms with E-state index in [1.807, 2.05) is 0 Å². The van der Waals surface area contributed by atoms with Gasteiger partial charge in [0, 0.05) is 28.4 Å². The van der Waals surface area contributed by atoms with Gasteiger partial charge in [-0.05, 0) is 17.7 Å². The number of nitrogens with one attached hydrogen (secondary N) is 1. The van der Waals surface area contributed by atoms with Gasteiger partial charge in [-0.25, -0.2) is 0 Å². The van der Waals surface area contributed by atoms with Gasteiger partial charge in [0.05, 0.1) is 0 Å². The van der Waals surface area contributed by atoms with Gasteiger partial charge in [-0.15, -0.1) is 0 Å². The van der Waals surface area contributed by atoms with E-state index >= 15 is 0 Å². The quantitative estimate of drug-likeness (QED) is 0.914. The lowest BCUT2D eigenvalue weighted by Gasteiger charge is -2.09. The van der Waals surface area contributed by atoms with Crippen LogP contribution < -0.4 is 5.32 Å². The lowest BCUT2D eigenvalue weighted by Crippen LogP contribution is -2.33. The Morgan fingerprint density at radius 1 is 1.39 bits per heavy atom. The van der Waals surface area contributed by atoms with Crippen molar-refractivity contribution in [1.82, 2.24) is 5.32 Å². The highest BCUT2D eigenvalue weighted by atomic mass is 32.2. The Balaban J connectivity index is 2.71. The molecule has 0 saturated heterocycles. The Morgan fingerprint density at radius 2 is 2.06 bits per heavy atom. The molecule has 1 aromatic rings. The van der Waals surface area contributed by atoms with E-state index in [-0.39, 0.29) is 11.3 Å². The lowest BCUT2D eigenvalue weighted by molar-refractivity contribution is -0.123. The maximum Gasteiger partial charge on any atom is 0.405 e. The van der Waals surface area contributed by atoms with Crippen LogP contribution in [0, 0.1) is 0 Å². The summed E-state index contributed by atoms with van der Waals surface area (Å²) in [5, 5.41) is 1.78. The van der Waals surface area contributed by atoms with Crippen LogP contribution in [0.25, 0.3) is 0 Å². The van der Waals surface area contributed by atoms with Crippen molar-refractivity contribution in [2.24, 2.45) is 0 Å². The molecule has 7 heteroatoms. The Kier molecular flexibility index (Phi) is 4.89. The van der Waals surface area contributed by atoms with Gasteiger partial charge in [-0.3, -0.25) is 9.00 Å². The summed E-state index contributed by atoms with van der Waals surface area (Å²) in [6.45, 7) is -1.37. The lowest BCUT2D eigenvalue weighted by atomic mass is 10.1. The predicted octanol–water partition coefficient (Wildman–Crippen LogP) is 1.86. The number of benzene rings is 1. The Bertz CT molecular complexity index is 460. The van der Waals surface area contributed by atoms with Crippen molar-refractivity contribution < 1.29 is 22.2 Å². The summed E-state index contributed by atoms with van der Waals surface area (Å²) < 4.78 is 46.8. The number of amides is 1. The SMILES string of the molecule is CS(=O)Cc1cccc(C(=O)NCC(F)(F)F)c1. The third-order valence-electron chi connectivity index (χ3n) is 2.01. The number of rotatable bonds is 4. The maximum atomic E-state index is 11.9. The number of halogens is 3. The number of carbonyl (C=O) groups excluding carboxylic acids is 1. The second kappa shape index (κ2) is 5.99. The van der Waals surface area contributed by atoms with Gasteiger partial charge in [-0.2, -0.15) is 13.2 Å². The highest BCUT2D eigenvalue weighted by Gasteiger charge is 2.27. The fraction of sp³-hybridized carbons (Fsp3) is 0.364. The normalized spacial score (nSPS) is 13.1. The van der Waals surface area contributed by atoms with Crippen molar-refractivity contribution in [1.29, 1.82) is 0 Å². The molecule has 1 amide bonds. The van der Waals surface area contributed by atoms with Crippen LogP contribution in [0.15, 0.2) is 24.3 Å². The molecule has 1 N–H and O–H groups in total. The molecule has 3 nitrogen and oxygen atoms in total. The van der Waals surface area contributed by atoms with E-state index in [1.54, 1.807) is 17.4 Å². The number of hydrogen-bond acceptors (Lipinski definition) is 2. The molecule has 100 valence electrons. The van der Waals surface area contributed by atoms with E-state index < -0.39 is 29.4 Å². The Morgan fingerprint density at radius 3 is 2.61 bits per heavy atom. The summed E-state index contributed by atoms with van der Waals surface area (Å²) in [4.78, 5) is 11.4. The second-order valence-electron chi connectivity index (χ2n) is 3.72. The molecule has 0 radical (unpaired) electrons. The molecule has 0 heterocycles. The molecule has 0 aliphatic rings. The van der Waals surface area contributed by atoms with Crippen LogP contribution in [0.1, 0.15) is 15.9 Å². The van der Waals surface area contributed by atoms with Crippen LogP contribution in [0.3, 0.4) is 0 Å². The fourth-order valence-electron chi connectivity index (χ4n) is 1.32. The van der Waals surface area contributed by atoms with Crippen LogP contribution in [0.5, 0.6) is 0 Å². The van der Waals surface area contributed by atoms with Crippen molar-refractivity contribution in [3.63, 3.8) is 0 Å². The smallest absolute Gasteiger partial charge is 0.343 e. The molecule has 1 atom stereocenters. The monoisotopic (exact) mass is 279 g/mol. The number of alkyl halides is 3. The molecule has 0 aliphatic heterocycles. The summed E-state index contributed by atoms with van der Waals surface area (Å²) >= 11 is 0. The van der Waals surface area contributed by atoms with Crippen molar-refractivity contribution >= 4 is 16.7 Å². The molecule has 0 aliphatic carbocycles. The van der Waals surface area contributed by atoms with E-state index in [2.05, 4.69) is 0 Å². The average molecular weight is 279 g/mol. The topological polar surface area (TPSA) is 46.2 Å². The van der Waals surface area contributed by atoms with Crippen LogP contribution in [0.2, 0.25) is 0 Å². The first-order valence-corrected chi connectivity index (χ1v) is 6.74. The zero-order valence-corrected chi connectivity index (χ0v) is 10.4. The van der Waals surface area contributed by atoms with E-state index in [0.717, 1.165) is 0 Å². The van der Waals surface area contributed by atoms with Crippen molar-refractivity contribution in [2.45, 2.75) is 11.9 Å². The van der Waals surface area contributed by atoms with Crippen molar-refractivity contribution in [3.05, 3.63) is 35.4 Å². The first kappa shape index (κ1) is 14.7. The third-order valence-corrected chi connectivity index (χ3v) is 2.75. The number of hydrogen-bond donors (Lipinski definition) is 1. The zero-order chi connectivity index (χ0) is 13.8. The number of carbonyl (C=O) groups is 1. The van der Waals surface area contributed by atoms with E-state index in [0.29, 0.717) is 5.56 Å². The average Bonchev–Trinajstić information content (AvgIpc) is 2.24. The van der Waals surface area contributed by atoms with E-state index in [4.69, 9.17) is 0 Å². The summed E-state index contributed by atoms with van der Waals surface area (Å²) in [6.07, 6.45) is -2.92. The molecule has 1 aromatic carbocycles. The predicted molar refractivity (Wildman–Crippen MR) is 62.6 cm³/mol. The molecule has 0 fully saturated rings. The Hall–Kier alpha value is -1.37. The molecule has 0 aromatic heterocycles. The minimum absolute atomic E-state index is 0.127. The van der Waals surface area contributed by atoms with Gasteiger partial charge in [0.2, 0.25) is 0 Å². The largest absolute Gasteiger partial charge is 0.405 e. The molecule has 1 unspecified atom stereocenters. The first-order chi connectivity index (χ1) is 8.28. The Labute approximate surface area is 105 Å². The van der Waals surface area contributed by atoms with Crippen LogP contribution in [-0.4, -0.2) is 29.1 Å². The van der Waals surface area contributed by atoms with Crippen molar-refractivity contribution in [2.75, 3.05) is 12.8 Å². The maximum absolute atomic E-state index is 11.9. The van der Waals surface area contributed by atoms with Gasteiger partial charge in [0.1, 0.15) is 6.54 Å². The highest BCUT2D eigenvalue weighted by molar-refractivity contribution is 7.83. The van der Waals surface area contributed by atoms with Gasteiger partial charge >= 0.3 is 6.18 Å². The third kappa shape index (κ3) is 5.31. The van der Waals surface area contributed by atoms with E-state index in [9.17, 15) is 22.2 Å². The standard InChI is InChI=1S/C11H12F3NO2S/c1-18(17)6-8-3-2-4-9(5-8)10(16)15-7-11(12,13)14/h2-5H,6-7H2,1H3,(H,15,16). The highest BCUT2D eigenvalue weighted by Crippen LogP contribution is 2.13. The summed E-state index contributed by atoms with van der Waals surface area (Å²) in [7, 11) is -1.07. The summed E-state index contributed by atoms with van der Waals surface area (Å²) in [5.41, 5.74) is 0.776. The van der Waals surface area contributed by atoms with Gasteiger partial charge in [-0.1, -0.05) is 12.1 Å². The van der Waals surface area contributed by atoms with E-state index in [1.165, 1.54) is 18.4 Å². The van der Waals surface area contributed by atoms with Crippen LogP contribution in [-0.2, 0) is 16.6 Å². The molecule has 0 saturated carbocycles. The minimum Gasteiger partial charge on any atom is -0.343 e. The van der Waals surface area contributed by atoms with Gasteiger partial charge in [0.25, 0.3) is 5.91 Å². The molecule has 0 spiro atoms. The zero-order valence-electron chi connectivity index (χ0n) is 9.58. The van der Waals surface area contributed by atoms with Crippen LogP contribution >= 0.6 is 0 Å². The second-order valence-corrected chi connectivity index (χ2v) is 5.15. The van der Waals surface area contributed by atoms with Crippen molar-refractivity contribution in [3.8, 4) is 0 Å². The molecular formula is C11H12F3NO2S. The summed E-state index contributed by atoms with van der Waals surface area (Å²) in [5.74, 6) is -0.531.